The van der Waals surface area contributed by atoms with E-state index in [1.165, 1.54) is 6.42 Å². The predicted octanol–water partition coefficient (Wildman–Crippen LogP) is 0.818. The summed E-state index contributed by atoms with van der Waals surface area (Å²) in [5.74, 6) is 1.82. The summed E-state index contributed by atoms with van der Waals surface area (Å²) >= 11 is 0. The van der Waals surface area contributed by atoms with Gasteiger partial charge in [-0.1, -0.05) is 6.92 Å². The number of nitrogens with zero attached hydrogens (tertiary/aromatic N) is 1. The molecule has 4 heteroatoms. The lowest BCUT2D eigenvalue weighted by atomic mass is 9.83. The van der Waals surface area contributed by atoms with E-state index in [2.05, 4.69) is 24.1 Å². The van der Waals surface area contributed by atoms with Gasteiger partial charge in [-0.2, -0.15) is 0 Å². The summed E-state index contributed by atoms with van der Waals surface area (Å²) in [6.07, 6.45) is 3.39. The molecule has 19 heavy (non-hydrogen) atoms. The van der Waals surface area contributed by atoms with E-state index in [1.54, 1.807) is 0 Å². The molecule has 4 nitrogen and oxygen atoms in total. The second-order valence-electron chi connectivity index (χ2n) is 7.09. The fraction of sp³-hybridized carbons (Fsp3) is 0.933. The van der Waals surface area contributed by atoms with Crippen LogP contribution in [0.15, 0.2) is 0 Å². The highest BCUT2D eigenvalue weighted by Crippen LogP contribution is 2.57. The van der Waals surface area contributed by atoms with Crippen molar-refractivity contribution in [1.82, 2.24) is 10.2 Å². The molecule has 2 aliphatic heterocycles. The van der Waals surface area contributed by atoms with Crippen molar-refractivity contribution in [2.75, 3.05) is 26.2 Å². The first kappa shape index (κ1) is 13.4. The topological polar surface area (TPSA) is 58.4 Å². The molecule has 3 rings (SSSR count). The van der Waals surface area contributed by atoms with Crippen molar-refractivity contribution in [3.05, 3.63) is 0 Å². The van der Waals surface area contributed by atoms with E-state index in [-0.39, 0.29) is 5.92 Å². The van der Waals surface area contributed by atoms with Crippen LogP contribution in [0, 0.1) is 23.2 Å². The summed E-state index contributed by atoms with van der Waals surface area (Å²) in [5, 5.41) is 3.41. The number of carbonyl (C=O) groups is 1. The number of nitrogens with one attached hydrogen (secondary N) is 1. The molecule has 0 aromatic carbocycles. The van der Waals surface area contributed by atoms with E-state index in [1.807, 2.05) is 0 Å². The molecule has 5 unspecified atom stereocenters. The highest BCUT2D eigenvalue weighted by molar-refractivity contribution is 5.83. The van der Waals surface area contributed by atoms with Crippen molar-refractivity contribution in [3.63, 3.8) is 0 Å². The van der Waals surface area contributed by atoms with Crippen molar-refractivity contribution in [3.8, 4) is 0 Å². The summed E-state index contributed by atoms with van der Waals surface area (Å²) in [7, 11) is 0. The van der Waals surface area contributed by atoms with Crippen molar-refractivity contribution < 1.29 is 4.79 Å². The van der Waals surface area contributed by atoms with Gasteiger partial charge in [-0.25, -0.2) is 0 Å². The standard InChI is InChI=1S/C15H27N3O/c1-10-5-11(2)18(8-12(10)7-16)14(19)13-6-15(13)3-4-17-9-15/h10-13,17H,3-9,16H2,1-2H3. The number of nitrogens with two attached hydrogens (primary N) is 1. The molecule has 108 valence electrons. The monoisotopic (exact) mass is 265 g/mol. The van der Waals surface area contributed by atoms with Gasteiger partial charge in [0.15, 0.2) is 0 Å². The molecule has 3 fully saturated rings. The minimum absolute atomic E-state index is 0.289. The Morgan fingerprint density at radius 1 is 1.47 bits per heavy atom. The number of hydrogen-bond donors (Lipinski definition) is 2. The van der Waals surface area contributed by atoms with Crippen LogP contribution in [0.2, 0.25) is 0 Å². The van der Waals surface area contributed by atoms with Crippen LogP contribution in [0.5, 0.6) is 0 Å². The molecule has 1 amide bonds. The van der Waals surface area contributed by atoms with Gasteiger partial charge in [-0.3, -0.25) is 4.79 Å². The van der Waals surface area contributed by atoms with Crippen LogP contribution in [0.4, 0.5) is 0 Å². The van der Waals surface area contributed by atoms with Crippen LogP contribution in [-0.2, 0) is 4.79 Å². The Kier molecular flexibility index (Phi) is 3.34. The molecule has 5 atom stereocenters. The Bertz CT molecular complexity index is 364. The molecular weight excluding hydrogens is 238 g/mol. The lowest BCUT2D eigenvalue weighted by Crippen LogP contribution is -2.51. The molecule has 3 aliphatic rings. The lowest BCUT2D eigenvalue weighted by Gasteiger charge is -2.42. The molecular formula is C15H27N3O. The molecule has 0 aromatic heterocycles. The van der Waals surface area contributed by atoms with Crippen LogP contribution in [0.3, 0.4) is 0 Å². The third kappa shape index (κ3) is 2.19. The Balaban J connectivity index is 1.66. The highest BCUT2D eigenvalue weighted by atomic mass is 16.2. The predicted molar refractivity (Wildman–Crippen MR) is 75.5 cm³/mol. The van der Waals surface area contributed by atoms with Gasteiger partial charge in [0.2, 0.25) is 5.91 Å². The van der Waals surface area contributed by atoms with Crippen LogP contribution in [0.25, 0.3) is 0 Å². The van der Waals surface area contributed by atoms with Gasteiger partial charge >= 0.3 is 0 Å². The maximum absolute atomic E-state index is 12.8. The summed E-state index contributed by atoms with van der Waals surface area (Å²) in [4.78, 5) is 14.9. The Labute approximate surface area is 116 Å². The zero-order valence-corrected chi connectivity index (χ0v) is 12.2. The normalized spacial score (nSPS) is 45.7. The number of hydrogen-bond acceptors (Lipinski definition) is 3. The number of piperidine rings is 1. The van der Waals surface area contributed by atoms with Crippen molar-refractivity contribution >= 4 is 5.91 Å². The maximum atomic E-state index is 12.8. The van der Waals surface area contributed by atoms with Gasteiger partial charge in [0.25, 0.3) is 0 Å². The van der Waals surface area contributed by atoms with E-state index in [4.69, 9.17) is 5.73 Å². The Morgan fingerprint density at radius 3 is 2.89 bits per heavy atom. The van der Waals surface area contributed by atoms with E-state index >= 15 is 0 Å². The average Bonchev–Trinajstić information content (AvgIpc) is 2.86. The second kappa shape index (κ2) is 4.74. The zero-order chi connectivity index (χ0) is 13.6. The highest BCUT2D eigenvalue weighted by Gasteiger charge is 2.60. The van der Waals surface area contributed by atoms with E-state index < -0.39 is 0 Å². The lowest BCUT2D eigenvalue weighted by molar-refractivity contribution is -0.138. The fourth-order valence-corrected chi connectivity index (χ4v) is 4.22. The van der Waals surface area contributed by atoms with Gasteiger partial charge in [0.05, 0.1) is 0 Å². The van der Waals surface area contributed by atoms with E-state index in [0.717, 1.165) is 32.5 Å². The van der Waals surface area contributed by atoms with Crippen molar-refractivity contribution in [2.45, 2.75) is 39.2 Å². The Morgan fingerprint density at radius 2 is 2.26 bits per heavy atom. The quantitative estimate of drug-likeness (QED) is 0.777. The van der Waals surface area contributed by atoms with Crippen molar-refractivity contribution in [2.24, 2.45) is 28.9 Å². The number of carbonyl (C=O) groups excluding carboxylic acids is 1. The first-order valence-corrected chi connectivity index (χ1v) is 7.78. The molecule has 0 bridgehead atoms. The zero-order valence-electron chi connectivity index (χ0n) is 12.2. The van der Waals surface area contributed by atoms with Gasteiger partial charge in [-0.05, 0) is 56.5 Å². The maximum Gasteiger partial charge on any atom is 0.226 e. The molecule has 2 heterocycles. The summed E-state index contributed by atoms with van der Waals surface area (Å²) in [6.45, 7) is 8.18. The average molecular weight is 265 g/mol. The smallest absolute Gasteiger partial charge is 0.226 e. The molecule has 1 aliphatic carbocycles. The minimum atomic E-state index is 0.289. The van der Waals surface area contributed by atoms with Crippen LogP contribution >= 0.6 is 0 Å². The molecule has 3 N–H and O–H groups in total. The largest absolute Gasteiger partial charge is 0.339 e. The number of likely N-dealkylation sites (tertiary alicyclic amines) is 1. The summed E-state index contributed by atoms with van der Waals surface area (Å²) in [6, 6.07) is 0.386. The van der Waals surface area contributed by atoms with Crippen LogP contribution in [-0.4, -0.2) is 43.0 Å². The van der Waals surface area contributed by atoms with Gasteiger partial charge in [0, 0.05) is 25.0 Å². The summed E-state index contributed by atoms with van der Waals surface area (Å²) < 4.78 is 0. The van der Waals surface area contributed by atoms with E-state index in [0.29, 0.717) is 35.7 Å². The number of rotatable bonds is 2. The third-order valence-electron chi connectivity index (χ3n) is 5.83. The van der Waals surface area contributed by atoms with Gasteiger partial charge in [-0.15, -0.1) is 0 Å². The number of amides is 1. The third-order valence-corrected chi connectivity index (χ3v) is 5.83. The van der Waals surface area contributed by atoms with Crippen LogP contribution in [0.1, 0.15) is 33.1 Å². The molecule has 2 saturated heterocycles. The first-order chi connectivity index (χ1) is 9.07. The van der Waals surface area contributed by atoms with Gasteiger partial charge in [0.1, 0.15) is 0 Å². The summed E-state index contributed by atoms with van der Waals surface area (Å²) in [5.41, 5.74) is 6.18. The van der Waals surface area contributed by atoms with Crippen molar-refractivity contribution in [1.29, 1.82) is 0 Å². The molecule has 0 aromatic rings. The molecule has 0 radical (unpaired) electrons. The second-order valence-corrected chi connectivity index (χ2v) is 7.09. The molecule has 1 spiro atoms. The fourth-order valence-electron chi connectivity index (χ4n) is 4.22. The van der Waals surface area contributed by atoms with Crippen LogP contribution < -0.4 is 11.1 Å². The molecule has 1 saturated carbocycles. The Hall–Kier alpha value is -0.610. The minimum Gasteiger partial charge on any atom is -0.339 e. The van der Waals surface area contributed by atoms with Gasteiger partial charge < -0.3 is 16.0 Å². The first-order valence-electron chi connectivity index (χ1n) is 7.78. The van der Waals surface area contributed by atoms with E-state index in [9.17, 15) is 4.79 Å². The SMILES string of the molecule is CC1CC(C)N(C(=O)C2CC23CCNC3)CC1CN.